The summed E-state index contributed by atoms with van der Waals surface area (Å²) in [5.41, 5.74) is 0. The average Bonchev–Trinajstić information content (AvgIpc) is 2.13. The van der Waals surface area contributed by atoms with Crippen LogP contribution >= 0.6 is 11.6 Å². The molecular weight excluding hydrogens is 198 g/mol. The molecule has 0 N–H and O–H groups in total. The van der Waals surface area contributed by atoms with Crippen molar-refractivity contribution in [2.75, 3.05) is 12.4 Å². The van der Waals surface area contributed by atoms with Crippen LogP contribution in [0.1, 0.15) is 40.5 Å². The maximum atomic E-state index is 11.9. The lowest BCUT2D eigenvalue weighted by Crippen LogP contribution is -2.41. The average molecular weight is 220 g/mol. The molecule has 0 spiro atoms. The van der Waals surface area contributed by atoms with Gasteiger partial charge in [-0.15, -0.1) is 11.6 Å². The molecule has 0 fully saturated rings. The lowest BCUT2D eigenvalue weighted by atomic mass is 10.0. The predicted octanol–water partition coefficient (Wildman–Crippen LogP) is 2.90. The van der Waals surface area contributed by atoms with Crippen LogP contribution in [0.4, 0.5) is 0 Å². The van der Waals surface area contributed by atoms with Crippen molar-refractivity contribution < 1.29 is 4.79 Å². The van der Waals surface area contributed by atoms with E-state index >= 15 is 0 Å². The van der Waals surface area contributed by atoms with Crippen molar-refractivity contribution >= 4 is 17.5 Å². The van der Waals surface area contributed by atoms with Crippen molar-refractivity contribution in [1.82, 2.24) is 4.90 Å². The van der Waals surface area contributed by atoms with Gasteiger partial charge in [0, 0.05) is 24.4 Å². The summed E-state index contributed by atoms with van der Waals surface area (Å²) < 4.78 is 0. The fourth-order valence-corrected chi connectivity index (χ4v) is 1.74. The van der Waals surface area contributed by atoms with Crippen LogP contribution in [-0.2, 0) is 4.79 Å². The van der Waals surface area contributed by atoms with Gasteiger partial charge in [0.15, 0.2) is 0 Å². The molecule has 3 heteroatoms. The minimum absolute atomic E-state index is 0.130. The highest BCUT2D eigenvalue weighted by atomic mass is 35.5. The van der Waals surface area contributed by atoms with E-state index in [1.54, 1.807) is 0 Å². The van der Waals surface area contributed by atoms with Crippen LogP contribution in [0.3, 0.4) is 0 Å². The molecule has 0 radical (unpaired) electrons. The van der Waals surface area contributed by atoms with Crippen molar-refractivity contribution in [1.29, 1.82) is 0 Å². The van der Waals surface area contributed by atoms with Gasteiger partial charge in [-0.25, -0.2) is 0 Å². The molecule has 0 saturated carbocycles. The van der Waals surface area contributed by atoms with E-state index < -0.39 is 0 Å². The van der Waals surface area contributed by atoms with E-state index in [1.165, 1.54) is 0 Å². The monoisotopic (exact) mass is 219 g/mol. The van der Waals surface area contributed by atoms with Crippen LogP contribution in [0.2, 0.25) is 0 Å². The van der Waals surface area contributed by atoms with Crippen LogP contribution in [0.15, 0.2) is 0 Å². The highest BCUT2D eigenvalue weighted by molar-refractivity contribution is 6.18. The summed E-state index contributed by atoms with van der Waals surface area (Å²) in [6.45, 7) is 8.82. The summed E-state index contributed by atoms with van der Waals surface area (Å²) in [7, 11) is 0. The van der Waals surface area contributed by atoms with Crippen molar-refractivity contribution in [3.8, 4) is 0 Å². The Labute approximate surface area is 92.6 Å². The normalized spacial score (nSPS) is 13.0. The molecule has 2 nitrogen and oxygen atoms in total. The maximum absolute atomic E-state index is 11.9. The first-order valence-corrected chi connectivity index (χ1v) is 5.94. The van der Waals surface area contributed by atoms with Gasteiger partial charge in [-0.1, -0.05) is 20.3 Å². The van der Waals surface area contributed by atoms with Gasteiger partial charge in [-0.2, -0.15) is 0 Å². The van der Waals surface area contributed by atoms with Crippen LogP contribution in [0, 0.1) is 5.92 Å². The van der Waals surface area contributed by atoms with E-state index in [0.29, 0.717) is 12.4 Å². The number of nitrogens with zero attached hydrogens (tertiary/aromatic N) is 1. The molecule has 0 saturated heterocycles. The summed E-state index contributed by atoms with van der Waals surface area (Å²) in [6, 6.07) is 0.251. The Morgan fingerprint density at radius 3 is 2.29 bits per heavy atom. The summed E-state index contributed by atoms with van der Waals surface area (Å²) in [5, 5.41) is 0. The van der Waals surface area contributed by atoms with E-state index in [-0.39, 0.29) is 17.9 Å². The quantitative estimate of drug-likeness (QED) is 0.630. The number of halogens is 1. The topological polar surface area (TPSA) is 20.3 Å². The minimum atomic E-state index is 0.130. The largest absolute Gasteiger partial charge is 0.339 e. The molecule has 1 amide bonds. The second-order valence-electron chi connectivity index (χ2n) is 4.00. The van der Waals surface area contributed by atoms with Crippen molar-refractivity contribution in [3.05, 3.63) is 0 Å². The van der Waals surface area contributed by atoms with Crippen molar-refractivity contribution in [3.63, 3.8) is 0 Å². The van der Waals surface area contributed by atoms with Gasteiger partial charge in [0.05, 0.1) is 0 Å². The molecule has 0 aliphatic heterocycles. The second kappa shape index (κ2) is 7.10. The molecule has 1 atom stereocenters. The van der Waals surface area contributed by atoms with Gasteiger partial charge >= 0.3 is 0 Å². The van der Waals surface area contributed by atoms with E-state index in [0.717, 1.165) is 12.8 Å². The van der Waals surface area contributed by atoms with Gasteiger partial charge in [0.2, 0.25) is 5.91 Å². The lowest BCUT2D eigenvalue weighted by molar-refractivity contribution is -0.136. The first-order valence-electron chi connectivity index (χ1n) is 5.41. The molecule has 14 heavy (non-hydrogen) atoms. The van der Waals surface area contributed by atoms with Crippen molar-refractivity contribution in [2.24, 2.45) is 5.92 Å². The Balaban J connectivity index is 4.27. The van der Waals surface area contributed by atoms with Crippen molar-refractivity contribution in [2.45, 2.75) is 46.6 Å². The van der Waals surface area contributed by atoms with Crippen LogP contribution in [-0.4, -0.2) is 29.3 Å². The summed E-state index contributed by atoms with van der Waals surface area (Å²) in [6.07, 6.45) is 2.02. The van der Waals surface area contributed by atoms with E-state index in [2.05, 4.69) is 6.92 Å². The predicted molar refractivity (Wildman–Crippen MR) is 61.6 cm³/mol. The molecule has 0 aromatic carbocycles. The maximum Gasteiger partial charge on any atom is 0.225 e. The summed E-state index contributed by atoms with van der Waals surface area (Å²) in [5.74, 6) is 0.885. The second-order valence-corrected chi connectivity index (χ2v) is 4.38. The number of hydrogen-bond acceptors (Lipinski definition) is 1. The third-order valence-electron chi connectivity index (χ3n) is 2.38. The van der Waals surface area contributed by atoms with Gasteiger partial charge in [0.1, 0.15) is 0 Å². The molecule has 0 aliphatic carbocycles. The SMILES string of the molecule is CCCC(C)C(=O)N(CCCl)C(C)C. The number of carbonyl (C=O) groups excluding carboxylic acids is 1. The highest BCUT2D eigenvalue weighted by Crippen LogP contribution is 2.12. The smallest absolute Gasteiger partial charge is 0.225 e. The zero-order chi connectivity index (χ0) is 11.1. The third kappa shape index (κ3) is 4.32. The third-order valence-corrected chi connectivity index (χ3v) is 2.54. The first-order chi connectivity index (χ1) is 6.54. The Morgan fingerprint density at radius 2 is 1.93 bits per heavy atom. The van der Waals surface area contributed by atoms with Gasteiger partial charge in [-0.3, -0.25) is 4.79 Å². The van der Waals surface area contributed by atoms with Gasteiger partial charge in [-0.05, 0) is 20.3 Å². The standard InChI is InChI=1S/C11H22ClNO/c1-5-6-10(4)11(14)13(8-7-12)9(2)3/h9-10H,5-8H2,1-4H3. The molecule has 84 valence electrons. The Kier molecular flexibility index (Phi) is 6.98. The number of hydrogen-bond donors (Lipinski definition) is 0. The molecule has 0 aliphatic rings. The zero-order valence-corrected chi connectivity index (χ0v) is 10.5. The van der Waals surface area contributed by atoms with Crippen LogP contribution in [0.25, 0.3) is 0 Å². The fourth-order valence-electron chi connectivity index (χ4n) is 1.55. The van der Waals surface area contributed by atoms with Gasteiger partial charge in [0.25, 0.3) is 0 Å². The van der Waals surface area contributed by atoms with E-state index in [4.69, 9.17) is 11.6 Å². The number of alkyl halides is 1. The van der Waals surface area contributed by atoms with E-state index in [1.807, 2.05) is 25.7 Å². The molecule has 0 heterocycles. The van der Waals surface area contributed by atoms with Crippen LogP contribution in [0.5, 0.6) is 0 Å². The van der Waals surface area contributed by atoms with Crippen LogP contribution < -0.4 is 0 Å². The molecule has 0 rings (SSSR count). The zero-order valence-electron chi connectivity index (χ0n) is 9.72. The molecule has 0 bridgehead atoms. The van der Waals surface area contributed by atoms with Gasteiger partial charge < -0.3 is 4.90 Å². The molecular formula is C11H22ClNO. The lowest BCUT2D eigenvalue weighted by Gasteiger charge is -2.28. The molecule has 1 unspecified atom stereocenters. The van der Waals surface area contributed by atoms with E-state index in [9.17, 15) is 4.79 Å². The fraction of sp³-hybridized carbons (Fsp3) is 0.909. The number of carbonyl (C=O) groups is 1. The first kappa shape index (κ1) is 13.8. The minimum Gasteiger partial charge on any atom is -0.339 e. The molecule has 0 aromatic heterocycles. The number of amides is 1. The number of rotatable bonds is 6. The Hall–Kier alpha value is -0.240. The molecule has 0 aromatic rings. The Morgan fingerprint density at radius 1 is 1.36 bits per heavy atom. The summed E-state index contributed by atoms with van der Waals surface area (Å²) >= 11 is 5.67. The summed E-state index contributed by atoms with van der Waals surface area (Å²) in [4.78, 5) is 13.8. The highest BCUT2D eigenvalue weighted by Gasteiger charge is 2.21. The Bertz CT molecular complexity index is 171.